The zero-order chi connectivity index (χ0) is 96.6. The van der Waals surface area contributed by atoms with Crippen molar-refractivity contribution in [2.24, 2.45) is 0 Å². The van der Waals surface area contributed by atoms with Gasteiger partial charge >= 0.3 is 24.7 Å². The quantitative estimate of drug-likeness (QED) is 0.0660. The van der Waals surface area contributed by atoms with Crippen molar-refractivity contribution in [1.82, 2.24) is 0 Å². The van der Waals surface area contributed by atoms with Crippen LogP contribution in [0.25, 0.3) is 0 Å². The minimum absolute atomic E-state index is 0.0263. The molecule has 0 bridgehead atoms. The van der Waals surface area contributed by atoms with Crippen LogP contribution in [0.5, 0.6) is 0 Å². The van der Waals surface area contributed by atoms with Gasteiger partial charge < -0.3 is 0 Å². The van der Waals surface area contributed by atoms with E-state index in [1.54, 1.807) is 36.4 Å². The number of carbonyl (C=O) groups excluding carboxylic acids is 16. The van der Waals surface area contributed by atoms with Crippen LogP contribution < -0.4 is 39.2 Å². The molecular weight excluding hydrogens is 1910 g/mol. The topological polar surface area (TPSA) is 299 Å². The molecule has 8 aliphatic rings. The van der Waals surface area contributed by atoms with E-state index < -0.39 is 128 Å². The minimum atomic E-state index is -5.10. The largest absolute Gasteiger partial charge is 0.418 e. The highest BCUT2D eigenvalue weighted by Crippen LogP contribution is 2.50. The molecule has 8 heterocycles. The van der Waals surface area contributed by atoms with Crippen molar-refractivity contribution in [2.45, 2.75) is 117 Å². The van der Waals surface area contributed by atoms with Crippen LogP contribution in [0.15, 0.2) is 247 Å². The molecule has 0 atom stereocenters. The molecule has 15 rings (SSSR count). The normalized spacial score (nSPS) is 16.0. The van der Waals surface area contributed by atoms with Gasteiger partial charge in [-0.1, -0.05) is 141 Å². The highest BCUT2D eigenvalue weighted by molar-refractivity contribution is 14.1. The van der Waals surface area contributed by atoms with E-state index in [0.29, 0.717) is 49.9 Å². The average Bonchev–Trinajstić information content (AvgIpc) is 1.42. The molecule has 0 aliphatic carbocycles. The van der Waals surface area contributed by atoms with E-state index in [-0.39, 0.29) is 75.2 Å². The lowest BCUT2D eigenvalue weighted by atomic mass is 9.84. The predicted octanol–water partition coefficient (Wildman–Crippen LogP) is 17.7. The average molecular weight is 1980 g/mol. The van der Waals surface area contributed by atoms with E-state index in [2.05, 4.69) is 59.3 Å². The van der Waals surface area contributed by atoms with Crippen LogP contribution in [0.2, 0.25) is 0 Å². The van der Waals surface area contributed by atoms with Gasteiger partial charge in [0.2, 0.25) is 0 Å². The van der Waals surface area contributed by atoms with Crippen LogP contribution >= 0.6 is 38.5 Å². The molecule has 0 saturated carbocycles. The summed E-state index contributed by atoms with van der Waals surface area (Å²) in [5, 5.41) is 0. The third-order valence-electron chi connectivity index (χ3n) is 19.3. The lowest BCUT2D eigenvalue weighted by molar-refractivity contribution is -0.144. The summed E-state index contributed by atoms with van der Waals surface area (Å²) in [7, 11) is 0. The fourth-order valence-electron chi connectivity index (χ4n) is 13.4. The zero-order valence-electron chi connectivity index (χ0n) is 69.6. The fourth-order valence-corrected chi connectivity index (χ4v) is 14.6. The summed E-state index contributed by atoms with van der Waals surface area (Å²) in [5.74, 6) is -8.50. The number of nitrogens with zero attached hydrogens (tertiary/aromatic N) is 8. The second-order valence-electron chi connectivity index (χ2n) is 30.3. The molecule has 0 fully saturated rings. The van der Waals surface area contributed by atoms with Crippen molar-refractivity contribution in [2.75, 3.05) is 39.2 Å². The first-order valence-corrected chi connectivity index (χ1v) is 40.4. The smallest absolute Gasteiger partial charge is 0.269 e. The monoisotopic (exact) mass is 1980 g/mol. The van der Waals surface area contributed by atoms with Crippen LogP contribution in [-0.2, 0) is 107 Å². The van der Waals surface area contributed by atoms with Crippen molar-refractivity contribution in [3.8, 4) is 0 Å². The summed E-state index contributed by atoms with van der Waals surface area (Å²) in [6.07, 6.45) is -2.27. The van der Waals surface area contributed by atoms with Gasteiger partial charge in [-0.15, -0.1) is 0 Å². The zero-order valence-corrected chi connectivity index (χ0v) is 73.4. The number of rotatable bonds is 11. The van der Waals surface area contributed by atoms with Gasteiger partial charge in [0.15, 0.2) is 0 Å². The fraction of sp³-hybridized carbons (Fsp3) is 0.196. The van der Waals surface area contributed by atoms with Crippen LogP contribution in [-0.4, -0.2) is 94.5 Å². The molecule has 7 aromatic rings. The number of anilines is 8. The van der Waals surface area contributed by atoms with E-state index in [4.69, 9.17) is 0 Å². The number of imide groups is 8. The van der Waals surface area contributed by atoms with Crippen molar-refractivity contribution >= 4 is 179 Å². The molecule has 0 radical (unpaired) electrons. The summed E-state index contributed by atoms with van der Waals surface area (Å²) in [6, 6.07) is 34.7. The van der Waals surface area contributed by atoms with Gasteiger partial charge in [0.05, 0.1) is 72.2 Å². The Morgan fingerprint density at radius 3 is 0.885 bits per heavy atom. The Balaban J connectivity index is 0.000000173. The number of hydrogen-bond acceptors (Lipinski definition) is 16. The SMILES string of the molecule is CC(C)(C)c1ccccc1N1C(=O)C=CC1=O.CC(C)c1cc(C(C)C)c(N2C(=O)C=CC2=O)c(C(C)C)c1N1C(=O)C=CC1=O.CC1=CC(=O)N(c2ccccc2C(F)(F)F)C1=O.O=C1C=CC(=O)N1c1cc(C(F)(F)F)cc(C(F)(F)F)c1Br.O=C1C=CC(=O)N1c1ccccc1.O=C1C=CC(=O)N1c1ccccc1C(F)(F)F.O=C1C=CC(=O)N1c1ccccc1I. The highest BCUT2D eigenvalue weighted by Gasteiger charge is 2.45. The number of carbonyl (C=O) groups is 16. The molecule has 0 unspecified atom stereocenters. The minimum Gasteiger partial charge on any atom is -0.269 e. The van der Waals surface area contributed by atoms with E-state index in [1.807, 2.05) is 90.1 Å². The van der Waals surface area contributed by atoms with Gasteiger partial charge in [-0.25, -0.2) is 39.2 Å². The Labute approximate surface area is 754 Å². The predicted molar refractivity (Wildman–Crippen MR) is 464 cm³/mol. The molecule has 38 heteroatoms. The molecular formula is C92H72BrF12IN8O16. The van der Waals surface area contributed by atoms with E-state index in [0.717, 1.165) is 89.6 Å². The Kier molecular flexibility index (Phi) is 30.8. The number of alkyl halides is 12. The van der Waals surface area contributed by atoms with Gasteiger partial charge in [0.1, 0.15) is 0 Å². The Hall–Kier alpha value is -14.1. The van der Waals surface area contributed by atoms with Crippen LogP contribution in [0.1, 0.15) is 131 Å². The molecule has 0 spiro atoms. The summed E-state index contributed by atoms with van der Waals surface area (Å²) in [6.45, 7) is 19.4. The molecule has 130 heavy (non-hydrogen) atoms. The van der Waals surface area contributed by atoms with Gasteiger partial charge in [-0.2, -0.15) is 52.7 Å². The van der Waals surface area contributed by atoms with E-state index in [9.17, 15) is 129 Å². The first-order valence-electron chi connectivity index (χ1n) is 38.5. The lowest BCUT2D eigenvalue weighted by Crippen LogP contribution is -2.36. The third kappa shape index (κ3) is 22.4. The van der Waals surface area contributed by atoms with Crippen molar-refractivity contribution in [3.05, 3.63) is 295 Å². The maximum absolute atomic E-state index is 12.9. The number of hydrogen-bond donors (Lipinski definition) is 0. The first-order chi connectivity index (χ1) is 60.6. The number of amides is 16. The van der Waals surface area contributed by atoms with Crippen molar-refractivity contribution < 1.29 is 129 Å². The number of para-hydroxylation sites is 5. The molecule has 0 saturated heterocycles. The summed E-state index contributed by atoms with van der Waals surface area (Å²) < 4.78 is 153. The van der Waals surface area contributed by atoms with Gasteiger partial charge in [0.25, 0.3) is 94.5 Å². The van der Waals surface area contributed by atoms with Crippen molar-refractivity contribution in [1.29, 1.82) is 0 Å². The van der Waals surface area contributed by atoms with Crippen LogP contribution in [0.4, 0.5) is 98.2 Å². The molecule has 0 aromatic heterocycles. The standard InChI is InChI=1S/C23H26N2O4.C14H15NO2.C12H4BrF6NO2.C12H8F3NO2.C11H6F3NO2.C10H6INO2.C10H7NO2/c1-12(2)15-11-16(13(3)4)23(25-19(28)9-10-20(25)29)21(14(5)6)22(15)24-17(26)7-8-18(24)27;1-14(2,3)10-6-4-5-7-11(10)15-12(16)8-9-13(15)17;13-10-6(12(17,18)19)3-5(11(14,15)16)4-7(10)20-8(21)1-2-9(20)22;1-7-6-10(17)16(11(7)18)9-5-3-2-4-8(9)12(13,14)15;12-11(13,14)7-3-1-2-4-8(7)15-9(16)5-6-10(15)17;11-7-3-1-2-4-8(7)12-9(13)5-6-10(12)14;12-9-6-7-10(13)11(9)8-4-2-1-3-5-8/h7-14H,1-6H3;4-9H,1-3H3;1-4H;2-6H,1H3;1-6H;1-6H;1-7H. The van der Waals surface area contributed by atoms with Gasteiger partial charge in [-0.3, -0.25) is 76.7 Å². The maximum Gasteiger partial charge on any atom is 0.418 e. The summed E-state index contributed by atoms with van der Waals surface area (Å²) >= 11 is 4.62. The van der Waals surface area contributed by atoms with E-state index >= 15 is 0 Å². The lowest BCUT2D eigenvalue weighted by Gasteiger charge is -2.33. The first kappa shape index (κ1) is 99.7. The second-order valence-corrected chi connectivity index (χ2v) is 32.2. The van der Waals surface area contributed by atoms with Gasteiger partial charge in [0, 0.05) is 106 Å². The van der Waals surface area contributed by atoms with Crippen molar-refractivity contribution in [3.63, 3.8) is 0 Å². The van der Waals surface area contributed by atoms with Crippen LogP contribution in [0.3, 0.4) is 0 Å². The number of halogens is 14. The molecule has 24 nitrogen and oxygen atoms in total. The Morgan fingerprint density at radius 2 is 0.577 bits per heavy atom. The second kappa shape index (κ2) is 40.1. The molecule has 0 N–H and O–H groups in total. The number of benzene rings is 7. The molecule has 7 aromatic carbocycles. The van der Waals surface area contributed by atoms with Gasteiger partial charge in [-0.05, 0) is 152 Å². The molecule has 16 amide bonds. The summed E-state index contributed by atoms with van der Waals surface area (Å²) in [4.78, 5) is 195. The van der Waals surface area contributed by atoms with Crippen LogP contribution in [0, 0.1) is 3.57 Å². The molecule has 8 aliphatic heterocycles. The van der Waals surface area contributed by atoms with E-state index in [1.165, 1.54) is 102 Å². The molecule has 674 valence electrons. The Morgan fingerprint density at radius 1 is 0.292 bits per heavy atom. The summed E-state index contributed by atoms with van der Waals surface area (Å²) in [5.41, 5.74) is -0.694. The maximum atomic E-state index is 12.9. The third-order valence-corrected chi connectivity index (χ3v) is 21.0. The Bertz CT molecular complexity index is 5840. The highest BCUT2D eigenvalue weighted by atomic mass is 127.